The standard InChI is InChI=1S/C13H15NO3S/c1-10-3-7-13(8-4-10)18(15,16)14-9-12-6-5-11(2)17-12/h3-8,14H,9H2,1-2H3. The number of rotatable bonds is 4. The molecule has 1 heterocycles. The Morgan fingerprint density at radius 1 is 1.06 bits per heavy atom. The quantitative estimate of drug-likeness (QED) is 0.923. The SMILES string of the molecule is Cc1ccc(S(=O)(=O)NCc2ccc(C)o2)cc1. The first-order chi connectivity index (χ1) is 8.47. The molecular weight excluding hydrogens is 250 g/mol. The van der Waals surface area contributed by atoms with Gasteiger partial charge in [0.2, 0.25) is 10.0 Å². The van der Waals surface area contributed by atoms with E-state index < -0.39 is 10.0 Å². The Morgan fingerprint density at radius 2 is 1.72 bits per heavy atom. The van der Waals surface area contributed by atoms with E-state index in [1.165, 1.54) is 0 Å². The van der Waals surface area contributed by atoms with Gasteiger partial charge in [-0.25, -0.2) is 13.1 Å². The first-order valence-corrected chi connectivity index (χ1v) is 7.07. The average Bonchev–Trinajstić information content (AvgIpc) is 2.73. The number of hydrogen-bond acceptors (Lipinski definition) is 3. The average molecular weight is 265 g/mol. The number of nitrogens with one attached hydrogen (secondary N) is 1. The highest BCUT2D eigenvalue weighted by Crippen LogP contribution is 2.11. The molecule has 0 aliphatic heterocycles. The zero-order chi connectivity index (χ0) is 13.2. The van der Waals surface area contributed by atoms with Gasteiger partial charge in [-0.1, -0.05) is 17.7 Å². The number of aryl methyl sites for hydroxylation is 2. The lowest BCUT2D eigenvalue weighted by atomic mass is 10.2. The predicted molar refractivity (Wildman–Crippen MR) is 68.6 cm³/mol. The molecule has 0 radical (unpaired) electrons. The summed E-state index contributed by atoms with van der Waals surface area (Å²) in [5.74, 6) is 1.36. The zero-order valence-electron chi connectivity index (χ0n) is 10.3. The Hall–Kier alpha value is -1.59. The fourth-order valence-electron chi connectivity index (χ4n) is 1.55. The van der Waals surface area contributed by atoms with Gasteiger partial charge in [0.1, 0.15) is 11.5 Å². The maximum absolute atomic E-state index is 12.0. The third kappa shape index (κ3) is 3.00. The van der Waals surface area contributed by atoms with Crippen LogP contribution in [-0.4, -0.2) is 8.42 Å². The van der Waals surface area contributed by atoms with E-state index in [0.29, 0.717) is 5.76 Å². The molecule has 2 rings (SSSR count). The van der Waals surface area contributed by atoms with Crippen LogP contribution in [0.15, 0.2) is 45.7 Å². The van der Waals surface area contributed by atoms with Crippen molar-refractivity contribution in [3.8, 4) is 0 Å². The largest absolute Gasteiger partial charge is 0.465 e. The van der Waals surface area contributed by atoms with Gasteiger partial charge >= 0.3 is 0 Å². The molecule has 0 fully saturated rings. The molecule has 1 aromatic carbocycles. The third-order valence-electron chi connectivity index (χ3n) is 2.56. The Bertz CT molecular complexity index is 627. The second kappa shape index (κ2) is 4.96. The number of sulfonamides is 1. The summed E-state index contributed by atoms with van der Waals surface area (Å²) in [6, 6.07) is 10.3. The van der Waals surface area contributed by atoms with Crippen molar-refractivity contribution in [2.75, 3.05) is 0 Å². The molecule has 0 aliphatic carbocycles. The Morgan fingerprint density at radius 3 is 2.28 bits per heavy atom. The first kappa shape index (κ1) is 12.9. The van der Waals surface area contributed by atoms with Crippen molar-refractivity contribution in [1.82, 2.24) is 4.72 Å². The molecule has 0 amide bonds. The summed E-state index contributed by atoms with van der Waals surface area (Å²) in [7, 11) is -3.48. The molecule has 0 saturated carbocycles. The lowest BCUT2D eigenvalue weighted by Crippen LogP contribution is -2.22. The molecule has 2 aromatic rings. The van der Waals surface area contributed by atoms with Crippen molar-refractivity contribution >= 4 is 10.0 Å². The Labute approximate surface area is 107 Å². The van der Waals surface area contributed by atoms with Gasteiger partial charge in [-0.15, -0.1) is 0 Å². The maximum Gasteiger partial charge on any atom is 0.240 e. The van der Waals surface area contributed by atoms with Crippen LogP contribution in [0.5, 0.6) is 0 Å². The minimum absolute atomic E-state index is 0.157. The first-order valence-electron chi connectivity index (χ1n) is 5.59. The van der Waals surface area contributed by atoms with Gasteiger partial charge in [-0.05, 0) is 38.1 Å². The molecule has 1 N–H and O–H groups in total. The van der Waals surface area contributed by atoms with Crippen LogP contribution >= 0.6 is 0 Å². The Kier molecular flexibility index (Phi) is 3.54. The highest BCUT2D eigenvalue weighted by molar-refractivity contribution is 7.89. The molecule has 1 aromatic heterocycles. The van der Waals surface area contributed by atoms with Crippen LogP contribution in [0.3, 0.4) is 0 Å². The molecule has 0 unspecified atom stereocenters. The van der Waals surface area contributed by atoms with Crippen molar-refractivity contribution < 1.29 is 12.8 Å². The van der Waals surface area contributed by atoms with E-state index >= 15 is 0 Å². The van der Waals surface area contributed by atoms with Crippen molar-refractivity contribution in [2.45, 2.75) is 25.3 Å². The highest BCUT2D eigenvalue weighted by Gasteiger charge is 2.13. The van der Waals surface area contributed by atoms with Crippen LogP contribution in [0.25, 0.3) is 0 Å². The van der Waals surface area contributed by atoms with Crippen molar-refractivity contribution in [3.05, 3.63) is 53.5 Å². The van der Waals surface area contributed by atoms with Crippen LogP contribution in [0.2, 0.25) is 0 Å². The van der Waals surface area contributed by atoms with Gasteiger partial charge in [-0.3, -0.25) is 0 Å². The van der Waals surface area contributed by atoms with Gasteiger partial charge in [-0.2, -0.15) is 0 Å². The normalized spacial score (nSPS) is 11.7. The molecule has 0 saturated heterocycles. The Balaban J connectivity index is 2.10. The summed E-state index contributed by atoms with van der Waals surface area (Å²) >= 11 is 0. The van der Waals surface area contributed by atoms with E-state index in [4.69, 9.17) is 4.42 Å². The smallest absolute Gasteiger partial charge is 0.240 e. The minimum Gasteiger partial charge on any atom is -0.465 e. The topological polar surface area (TPSA) is 59.3 Å². The molecule has 0 spiro atoms. The molecule has 0 atom stereocenters. The van der Waals surface area contributed by atoms with E-state index in [9.17, 15) is 8.42 Å². The van der Waals surface area contributed by atoms with Crippen molar-refractivity contribution in [1.29, 1.82) is 0 Å². The number of benzene rings is 1. The highest BCUT2D eigenvalue weighted by atomic mass is 32.2. The summed E-state index contributed by atoms with van der Waals surface area (Å²) in [5.41, 5.74) is 1.02. The van der Waals surface area contributed by atoms with Crippen LogP contribution in [-0.2, 0) is 16.6 Å². The summed E-state index contributed by atoms with van der Waals surface area (Å²) in [5, 5.41) is 0. The van der Waals surface area contributed by atoms with Gasteiger partial charge < -0.3 is 4.42 Å². The van der Waals surface area contributed by atoms with Crippen LogP contribution < -0.4 is 4.72 Å². The van der Waals surface area contributed by atoms with Crippen LogP contribution in [0.1, 0.15) is 17.1 Å². The van der Waals surface area contributed by atoms with Crippen molar-refractivity contribution in [2.24, 2.45) is 0 Å². The van der Waals surface area contributed by atoms with Gasteiger partial charge in [0, 0.05) is 0 Å². The van der Waals surface area contributed by atoms with Gasteiger partial charge in [0.25, 0.3) is 0 Å². The fourth-order valence-corrected chi connectivity index (χ4v) is 2.54. The number of hydrogen-bond donors (Lipinski definition) is 1. The van der Waals surface area contributed by atoms with E-state index in [1.807, 2.05) is 13.8 Å². The summed E-state index contributed by atoms with van der Waals surface area (Å²) in [6.45, 7) is 3.89. The number of furan rings is 1. The summed E-state index contributed by atoms with van der Waals surface area (Å²) < 4.78 is 31.8. The van der Waals surface area contributed by atoms with Crippen LogP contribution in [0.4, 0.5) is 0 Å². The van der Waals surface area contributed by atoms with E-state index in [1.54, 1.807) is 36.4 Å². The predicted octanol–water partition coefficient (Wildman–Crippen LogP) is 2.37. The van der Waals surface area contributed by atoms with Gasteiger partial charge in [0.05, 0.1) is 11.4 Å². The second-order valence-electron chi connectivity index (χ2n) is 4.15. The molecule has 18 heavy (non-hydrogen) atoms. The molecule has 0 aliphatic rings. The summed E-state index contributed by atoms with van der Waals surface area (Å²) in [6.07, 6.45) is 0. The van der Waals surface area contributed by atoms with E-state index in [0.717, 1.165) is 11.3 Å². The third-order valence-corrected chi connectivity index (χ3v) is 3.98. The van der Waals surface area contributed by atoms with Crippen molar-refractivity contribution in [3.63, 3.8) is 0 Å². The molecule has 0 bridgehead atoms. The fraction of sp³-hybridized carbons (Fsp3) is 0.231. The summed E-state index contributed by atoms with van der Waals surface area (Å²) in [4.78, 5) is 0.261. The second-order valence-corrected chi connectivity index (χ2v) is 5.92. The maximum atomic E-state index is 12.0. The zero-order valence-corrected chi connectivity index (χ0v) is 11.1. The van der Waals surface area contributed by atoms with E-state index in [-0.39, 0.29) is 11.4 Å². The molecule has 5 heteroatoms. The lowest BCUT2D eigenvalue weighted by Gasteiger charge is -2.05. The molecule has 96 valence electrons. The monoisotopic (exact) mass is 265 g/mol. The molecule has 4 nitrogen and oxygen atoms in total. The lowest BCUT2D eigenvalue weighted by molar-refractivity contribution is 0.475. The molecular formula is C13H15NO3S. The van der Waals surface area contributed by atoms with Crippen LogP contribution in [0, 0.1) is 13.8 Å². The van der Waals surface area contributed by atoms with E-state index in [2.05, 4.69) is 4.72 Å². The minimum atomic E-state index is -3.48. The van der Waals surface area contributed by atoms with Gasteiger partial charge in [0.15, 0.2) is 0 Å².